The molecule has 23 heteroatoms. The maximum Gasteiger partial charge on any atom is 0.200 e. The Labute approximate surface area is 362 Å². The number of rotatable bonds is 7. The van der Waals surface area contributed by atoms with E-state index in [4.69, 9.17) is 0 Å². The van der Waals surface area contributed by atoms with Crippen LogP contribution in [0.5, 0.6) is 0 Å². The summed E-state index contributed by atoms with van der Waals surface area (Å²) in [6.45, 7) is 0. The molecule has 7 aromatic rings. The molecular formula is C42H16BBrF20S. The normalized spacial score (nSPS) is 12.2. The fourth-order valence-electron chi connectivity index (χ4n) is 7.28. The molecule has 0 spiro atoms. The third-order valence-electron chi connectivity index (χ3n) is 10.2. The number of fused-ring (bicyclic) bond motifs is 1. The highest BCUT2D eigenvalue weighted by Crippen LogP contribution is 2.31. The Morgan fingerprint density at radius 1 is 0.354 bits per heavy atom. The van der Waals surface area contributed by atoms with Crippen LogP contribution in [0.3, 0.4) is 0 Å². The molecule has 0 aliphatic rings. The average Bonchev–Trinajstić information content (AvgIpc) is 3.29. The van der Waals surface area contributed by atoms with Gasteiger partial charge in [-0.1, -0.05) is 58.4 Å². The highest BCUT2D eigenvalue weighted by molar-refractivity contribution is 9.10. The summed E-state index contributed by atoms with van der Waals surface area (Å²) in [4.78, 5) is 1.42. The van der Waals surface area contributed by atoms with Crippen molar-refractivity contribution in [2.75, 3.05) is 6.26 Å². The van der Waals surface area contributed by atoms with Gasteiger partial charge in [-0.25, -0.2) is 87.8 Å². The SMILES string of the molecule is C[S+](Cc1cccc2ccccc12)c1ccc(Br)cc1.Fc1c(F)c(F)c([B-](c2c(F)c(F)c(F)c(F)c2F)(c2c(F)c(F)c(F)c(F)c2F)c2c(F)c(F)c(F)c(F)c2F)c(F)c1F. The summed E-state index contributed by atoms with van der Waals surface area (Å²) in [6, 6.07) is 23.9. The molecule has 0 aliphatic carbocycles. The molecule has 0 radical (unpaired) electrons. The first kappa shape index (κ1) is 48.7. The molecule has 0 fully saturated rings. The van der Waals surface area contributed by atoms with Gasteiger partial charge in [-0.05, 0) is 35.0 Å². The minimum absolute atomic E-state index is 0.230. The van der Waals surface area contributed by atoms with Gasteiger partial charge in [0, 0.05) is 20.9 Å². The van der Waals surface area contributed by atoms with E-state index in [-0.39, 0.29) is 10.9 Å². The Hall–Kier alpha value is -5.71. The third-order valence-corrected chi connectivity index (χ3v) is 12.5. The maximum atomic E-state index is 15.4. The van der Waals surface area contributed by atoms with Crippen molar-refractivity contribution in [1.82, 2.24) is 0 Å². The molecule has 0 nitrogen and oxygen atoms in total. The molecular weight excluding hydrogens is 1010 g/mol. The number of halogens is 21. The van der Waals surface area contributed by atoms with Crippen molar-refractivity contribution in [1.29, 1.82) is 0 Å². The second-order valence-electron chi connectivity index (χ2n) is 13.7. The number of hydrogen-bond donors (Lipinski definition) is 0. The summed E-state index contributed by atoms with van der Waals surface area (Å²) in [5, 5.41) is 2.71. The zero-order valence-corrected chi connectivity index (χ0v) is 33.9. The van der Waals surface area contributed by atoms with Crippen LogP contribution in [0.4, 0.5) is 87.8 Å². The molecule has 7 aromatic carbocycles. The van der Waals surface area contributed by atoms with Crippen LogP contribution in [0.25, 0.3) is 10.8 Å². The summed E-state index contributed by atoms with van der Waals surface area (Å²) in [5.74, 6) is -70.3. The fraction of sp³-hybridized carbons (Fsp3) is 0.0476. The van der Waals surface area contributed by atoms with Gasteiger partial charge in [-0.15, -0.1) is 21.9 Å². The molecule has 0 amide bonds. The smallest absolute Gasteiger partial charge is 0.200 e. The van der Waals surface area contributed by atoms with Crippen LogP contribution in [-0.2, 0) is 16.6 Å². The number of benzene rings is 7. The summed E-state index contributed by atoms with van der Waals surface area (Å²) in [6.07, 6.45) is -4.89. The molecule has 0 bridgehead atoms. The first-order valence-corrected chi connectivity index (χ1v) is 20.1. The molecule has 1 unspecified atom stereocenters. The molecule has 1 atom stereocenters. The van der Waals surface area contributed by atoms with Crippen LogP contribution in [0.2, 0.25) is 0 Å². The fourth-order valence-corrected chi connectivity index (χ4v) is 9.03. The third kappa shape index (κ3) is 7.86. The highest BCUT2D eigenvalue weighted by Gasteiger charge is 2.52. The van der Waals surface area contributed by atoms with Gasteiger partial charge in [0.25, 0.3) is 0 Å². The van der Waals surface area contributed by atoms with E-state index in [1.165, 1.54) is 21.2 Å². The van der Waals surface area contributed by atoms with Gasteiger partial charge in [0.2, 0.25) is 0 Å². The van der Waals surface area contributed by atoms with Crippen LogP contribution in [-0.4, -0.2) is 12.4 Å². The van der Waals surface area contributed by atoms with Gasteiger partial charge in [-0.3, -0.25) is 0 Å². The molecule has 340 valence electrons. The van der Waals surface area contributed by atoms with E-state index in [9.17, 15) is 52.7 Å². The summed E-state index contributed by atoms with van der Waals surface area (Å²) in [5.41, 5.74) is -12.9. The Morgan fingerprint density at radius 3 is 0.954 bits per heavy atom. The molecule has 0 heterocycles. The van der Waals surface area contributed by atoms with Crippen molar-refractivity contribution in [3.8, 4) is 0 Å². The molecule has 0 aliphatic heterocycles. The Balaban J connectivity index is 0.000000289. The lowest BCUT2D eigenvalue weighted by atomic mass is 9.12. The predicted octanol–water partition coefficient (Wildman–Crippen LogP) is 11.3. The van der Waals surface area contributed by atoms with Gasteiger partial charge in [0.05, 0.1) is 0 Å². The molecule has 7 rings (SSSR count). The summed E-state index contributed by atoms with van der Waals surface area (Å²) < 4.78 is 295. The average molecular weight is 1020 g/mol. The first-order valence-electron chi connectivity index (χ1n) is 17.5. The topological polar surface area (TPSA) is 0 Å². The van der Waals surface area contributed by atoms with Crippen molar-refractivity contribution < 1.29 is 87.8 Å². The lowest BCUT2D eigenvalue weighted by Crippen LogP contribution is -2.81. The highest BCUT2D eigenvalue weighted by atomic mass is 79.9. The minimum Gasteiger partial charge on any atom is -0.207 e. The predicted molar refractivity (Wildman–Crippen MR) is 203 cm³/mol. The van der Waals surface area contributed by atoms with E-state index in [0.717, 1.165) is 10.2 Å². The van der Waals surface area contributed by atoms with Gasteiger partial charge in [-0.2, -0.15) is 0 Å². The molecule has 0 saturated heterocycles. The van der Waals surface area contributed by atoms with Crippen LogP contribution < -0.4 is 21.9 Å². The van der Waals surface area contributed by atoms with Crippen LogP contribution in [0, 0.1) is 116 Å². The van der Waals surface area contributed by atoms with E-state index in [0.29, 0.717) is 0 Å². The maximum absolute atomic E-state index is 15.4. The van der Waals surface area contributed by atoms with E-state index >= 15 is 35.1 Å². The molecule has 0 aromatic heterocycles. The number of hydrogen-bond acceptors (Lipinski definition) is 0. The van der Waals surface area contributed by atoms with Gasteiger partial charge in [0.1, 0.15) is 64.7 Å². The molecule has 0 N–H and O–H groups in total. The largest absolute Gasteiger partial charge is 0.207 e. The Kier molecular flexibility index (Phi) is 13.7. The monoisotopic (exact) mass is 1020 g/mol. The Bertz CT molecular complexity index is 2670. The van der Waals surface area contributed by atoms with E-state index < -0.39 is 144 Å². The second kappa shape index (κ2) is 18.3. The Morgan fingerprint density at radius 2 is 0.631 bits per heavy atom. The lowest BCUT2D eigenvalue weighted by Gasteiger charge is -2.44. The molecule has 0 saturated carbocycles. The summed E-state index contributed by atoms with van der Waals surface area (Å²) in [7, 11) is 0.230. The van der Waals surface area contributed by atoms with Gasteiger partial charge < -0.3 is 0 Å². The van der Waals surface area contributed by atoms with Crippen molar-refractivity contribution >= 4 is 65.6 Å². The minimum atomic E-state index is -7.22. The van der Waals surface area contributed by atoms with Crippen LogP contribution >= 0.6 is 15.9 Å². The molecule has 65 heavy (non-hydrogen) atoms. The standard InChI is InChI=1S/C24BF20.C18H16BrS/c26-5-1(6(27)14(35)21(42)13(5)34)25(2-7(28)15(36)22(43)16(37)8(2)29,3-9(30)17(38)23(44)18(39)10(3)31)4-11(32)19(40)24(45)20(41)12(4)33;1-20(17-11-9-16(19)10-12-17)13-15-7-4-6-14-5-2-3-8-18(14)15/h;2-12H,13H2,1H3/q-1;+1. The zero-order chi connectivity index (χ0) is 48.3. The second-order valence-corrected chi connectivity index (χ2v) is 16.6. The van der Waals surface area contributed by atoms with E-state index in [1.54, 1.807) is 0 Å². The van der Waals surface area contributed by atoms with E-state index in [2.05, 4.69) is 88.9 Å². The van der Waals surface area contributed by atoms with Crippen LogP contribution in [0.15, 0.2) is 76.1 Å². The van der Waals surface area contributed by atoms with Crippen molar-refractivity contribution in [2.24, 2.45) is 0 Å². The first-order chi connectivity index (χ1) is 30.4. The zero-order valence-electron chi connectivity index (χ0n) is 31.5. The van der Waals surface area contributed by atoms with Crippen molar-refractivity contribution in [3.63, 3.8) is 0 Å². The lowest BCUT2D eigenvalue weighted by molar-refractivity contribution is 0.378. The van der Waals surface area contributed by atoms with Gasteiger partial charge in [0.15, 0.2) is 74.7 Å². The van der Waals surface area contributed by atoms with Crippen molar-refractivity contribution in [2.45, 2.75) is 10.6 Å². The quantitative estimate of drug-likeness (QED) is 0.0491. The van der Waals surface area contributed by atoms with Crippen molar-refractivity contribution in [3.05, 3.63) is 193 Å². The van der Waals surface area contributed by atoms with Crippen LogP contribution in [0.1, 0.15) is 5.56 Å². The summed E-state index contributed by atoms with van der Waals surface area (Å²) >= 11 is 3.50. The van der Waals surface area contributed by atoms with E-state index in [1.807, 2.05) is 0 Å². The van der Waals surface area contributed by atoms with Gasteiger partial charge >= 0.3 is 0 Å².